The molecule has 4 rings (SSSR count). The molecule has 2 saturated carbocycles. The summed E-state index contributed by atoms with van der Waals surface area (Å²) in [6.45, 7) is 13.0. The molecule has 2 aromatic rings. The lowest BCUT2D eigenvalue weighted by Crippen LogP contribution is -2.57. The number of aliphatic carboxylic acids is 1. The van der Waals surface area contributed by atoms with Gasteiger partial charge in [-0.1, -0.05) is 109 Å². The van der Waals surface area contributed by atoms with Gasteiger partial charge in [0.2, 0.25) is 0 Å². The average Bonchev–Trinajstić information content (AvgIpc) is 3.33. The molecule has 2 aliphatic rings. The van der Waals surface area contributed by atoms with Gasteiger partial charge in [0, 0.05) is 12.3 Å². The molecule has 0 aliphatic heterocycles. The van der Waals surface area contributed by atoms with Crippen LogP contribution in [0.25, 0.3) is 11.1 Å². The third kappa shape index (κ3) is 9.15. The summed E-state index contributed by atoms with van der Waals surface area (Å²) in [4.78, 5) is 26.4. The Balaban J connectivity index is 1.40. The summed E-state index contributed by atoms with van der Waals surface area (Å²) in [6, 6.07) is 17.6. The second-order valence-electron chi connectivity index (χ2n) is 15.8. The lowest BCUT2D eigenvalue weighted by atomic mass is 9.74. The van der Waals surface area contributed by atoms with Crippen molar-refractivity contribution in [3.8, 4) is 11.1 Å². The number of ether oxygens (including phenoxy) is 1. The van der Waals surface area contributed by atoms with Gasteiger partial charge >= 0.3 is 11.9 Å². The number of carbonyl (C=O) groups is 2. The molecule has 2 aromatic carbocycles. The standard InChI is InChI=1S/C40H60O6Si/c1-7-17-33-34(36(28-35(33)41)45-37(42)31-25-23-30(24-26-31)29-18-11-8-12-19-29)22-15-10-16-27-40(38(43)44,32-20-13-9-14-21-32)46-47(5,6)39(2,3)4/h8,11-12,18-19,23-26,32-36,41H,7,9-10,13-17,20-22,27-28H2,1-6H3,(H,43,44)/t33-,34-,35?,36+,40?/m1/s1. The number of carbonyl (C=O) groups excluding carboxylic acids is 1. The van der Waals surface area contributed by atoms with Crippen molar-refractivity contribution < 1.29 is 29.0 Å². The van der Waals surface area contributed by atoms with Gasteiger partial charge in [-0.15, -0.1) is 0 Å². The van der Waals surface area contributed by atoms with Crippen LogP contribution in [-0.2, 0) is 14.0 Å². The zero-order valence-electron chi connectivity index (χ0n) is 29.8. The maximum atomic E-state index is 13.3. The minimum Gasteiger partial charge on any atom is -0.479 e. The summed E-state index contributed by atoms with van der Waals surface area (Å²) in [5.41, 5.74) is 1.53. The molecule has 2 fully saturated rings. The van der Waals surface area contributed by atoms with Crippen molar-refractivity contribution in [2.45, 2.75) is 147 Å². The predicted molar refractivity (Wildman–Crippen MR) is 192 cm³/mol. The molecule has 2 N–H and O–H groups in total. The van der Waals surface area contributed by atoms with Crippen molar-refractivity contribution in [3.05, 3.63) is 60.2 Å². The molecular formula is C40H60O6Si. The van der Waals surface area contributed by atoms with Crippen LogP contribution in [0.1, 0.15) is 122 Å². The number of benzene rings is 2. The van der Waals surface area contributed by atoms with Crippen LogP contribution in [0.3, 0.4) is 0 Å². The summed E-state index contributed by atoms with van der Waals surface area (Å²) >= 11 is 0. The van der Waals surface area contributed by atoms with Gasteiger partial charge in [0.15, 0.2) is 13.9 Å². The van der Waals surface area contributed by atoms with Gasteiger partial charge in [-0.2, -0.15) is 0 Å². The number of aliphatic hydroxyl groups is 1. The van der Waals surface area contributed by atoms with E-state index < -0.39 is 26.0 Å². The molecule has 0 spiro atoms. The second-order valence-corrected chi connectivity index (χ2v) is 20.5. The van der Waals surface area contributed by atoms with E-state index in [1.54, 1.807) is 0 Å². The largest absolute Gasteiger partial charge is 0.479 e. The number of esters is 1. The number of hydrogen-bond acceptors (Lipinski definition) is 5. The van der Waals surface area contributed by atoms with Crippen LogP contribution in [0.2, 0.25) is 18.1 Å². The summed E-state index contributed by atoms with van der Waals surface area (Å²) in [7, 11) is -2.33. The Hall–Kier alpha value is -2.48. The van der Waals surface area contributed by atoms with E-state index in [1.165, 1.54) is 6.42 Å². The van der Waals surface area contributed by atoms with Crippen molar-refractivity contribution in [3.63, 3.8) is 0 Å². The van der Waals surface area contributed by atoms with Gasteiger partial charge in [-0.05, 0) is 91.8 Å². The first kappa shape index (κ1) is 37.3. The Morgan fingerprint density at radius 2 is 1.49 bits per heavy atom. The molecule has 0 radical (unpaired) electrons. The molecule has 260 valence electrons. The lowest BCUT2D eigenvalue weighted by molar-refractivity contribution is -0.165. The minimum atomic E-state index is -2.33. The van der Waals surface area contributed by atoms with Gasteiger partial charge in [-0.25, -0.2) is 9.59 Å². The maximum absolute atomic E-state index is 13.3. The molecule has 2 unspecified atom stereocenters. The van der Waals surface area contributed by atoms with E-state index in [0.29, 0.717) is 18.4 Å². The van der Waals surface area contributed by atoms with Crippen LogP contribution in [-0.4, -0.2) is 48.3 Å². The van der Waals surface area contributed by atoms with Crippen molar-refractivity contribution in [1.29, 1.82) is 0 Å². The number of carboxylic acids is 1. The molecule has 2 aliphatic carbocycles. The highest BCUT2D eigenvalue weighted by molar-refractivity contribution is 6.74. The lowest BCUT2D eigenvalue weighted by Gasteiger charge is -2.48. The quantitative estimate of drug-likeness (QED) is 0.112. The van der Waals surface area contributed by atoms with E-state index in [9.17, 15) is 19.8 Å². The number of carboxylic acid groups (broad SMARTS) is 1. The Morgan fingerprint density at radius 1 is 0.851 bits per heavy atom. The summed E-state index contributed by atoms with van der Waals surface area (Å²) < 4.78 is 13.0. The monoisotopic (exact) mass is 664 g/mol. The van der Waals surface area contributed by atoms with Crippen LogP contribution in [0, 0.1) is 17.8 Å². The van der Waals surface area contributed by atoms with Crippen LogP contribution >= 0.6 is 0 Å². The zero-order valence-corrected chi connectivity index (χ0v) is 30.8. The van der Waals surface area contributed by atoms with Crippen molar-refractivity contribution in [2.75, 3.05) is 0 Å². The first-order valence-electron chi connectivity index (χ1n) is 18.3. The van der Waals surface area contributed by atoms with Crippen molar-refractivity contribution in [2.24, 2.45) is 17.8 Å². The number of unbranched alkanes of at least 4 members (excludes halogenated alkanes) is 2. The van der Waals surface area contributed by atoms with Gasteiger partial charge in [0.1, 0.15) is 6.10 Å². The number of rotatable bonds is 15. The fourth-order valence-corrected chi connectivity index (χ4v) is 9.42. The average molecular weight is 665 g/mol. The second kappa shape index (κ2) is 16.3. The molecule has 47 heavy (non-hydrogen) atoms. The Labute approximate surface area is 284 Å². The fourth-order valence-electron chi connectivity index (χ4n) is 7.84. The van der Waals surface area contributed by atoms with Gasteiger partial charge in [0.05, 0.1) is 11.7 Å². The molecule has 5 atom stereocenters. The summed E-state index contributed by atoms with van der Waals surface area (Å²) in [5.74, 6) is -0.901. The van der Waals surface area contributed by atoms with Gasteiger partial charge in [-0.3, -0.25) is 0 Å². The number of hydrogen-bond donors (Lipinski definition) is 2. The van der Waals surface area contributed by atoms with Crippen LogP contribution in [0.4, 0.5) is 0 Å². The molecule has 0 saturated heterocycles. The highest BCUT2D eigenvalue weighted by Gasteiger charge is 2.53. The highest BCUT2D eigenvalue weighted by Crippen LogP contribution is 2.46. The Bertz CT molecular complexity index is 1280. The number of aliphatic hydroxyl groups excluding tert-OH is 1. The highest BCUT2D eigenvalue weighted by atomic mass is 28.4. The van der Waals surface area contributed by atoms with E-state index in [1.807, 2.05) is 54.6 Å². The molecular weight excluding hydrogens is 605 g/mol. The van der Waals surface area contributed by atoms with E-state index in [0.717, 1.165) is 75.3 Å². The van der Waals surface area contributed by atoms with E-state index in [4.69, 9.17) is 9.16 Å². The van der Waals surface area contributed by atoms with Crippen LogP contribution < -0.4 is 0 Å². The SMILES string of the molecule is CCC[C@H]1C(O)C[C@H](OC(=O)c2ccc(-c3ccccc3)cc2)[C@@H]1CCCCCC(O[Si](C)(C)C(C)(C)C)(C(=O)O)C1CCCCC1. The van der Waals surface area contributed by atoms with Gasteiger partial charge in [0.25, 0.3) is 0 Å². The molecule has 0 amide bonds. The molecule has 0 bridgehead atoms. The van der Waals surface area contributed by atoms with Crippen molar-refractivity contribution in [1.82, 2.24) is 0 Å². The normalized spacial score (nSPS) is 23.7. The predicted octanol–water partition coefficient (Wildman–Crippen LogP) is 10.1. The summed E-state index contributed by atoms with van der Waals surface area (Å²) in [6.07, 6.45) is 10.6. The van der Waals surface area contributed by atoms with E-state index >= 15 is 0 Å². The van der Waals surface area contributed by atoms with Crippen LogP contribution in [0.15, 0.2) is 54.6 Å². The molecule has 0 heterocycles. The zero-order chi connectivity index (χ0) is 34.2. The topological polar surface area (TPSA) is 93.1 Å². The van der Waals surface area contributed by atoms with Crippen LogP contribution in [0.5, 0.6) is 0 Å². The van der Waals surface area contributed by atoms with Crippen molar-refractivity contribution >= 4 is 20.3 Å². The maximum Gasteiger partial charge on any atom is 0.338 e. The third-order valence-corrected chi connectivity index (χ3v) is 16.0. The first-order valence-corrected chi connectivity index (χ1v) is 21.2. The summed E-state index contributed by atoms with van der Waals surface area (Å²) in [5, 5.41) is 21.7. The Kier molecular flexibility index (Phi) is 12.9. The first-order chi connectivity index (χ1) is 22.3. The van der Waals surface area contributed by atoms with Gasteiger partial charge < -0.3 is 19.4 Å². The van der Waals surface area contributed by atoms with E-state index in [2.05, 4.69) is 40.8 Å². The minimum absolute atomic E-state index is 0.0485. The van der Waals surface area contributed by atoms with E-state index in [-0.39, 0.29) is 34.9 Å². The molecule has 0 aromatic heterocycles. The molecule has 7 heteroatoms. The third-order valence-electron chi connectivity index (χ3n) is 11.6. The smallest absolute Gasteiger partial charge is 0.338 e. The fraction of sp³-hybridized carbons (Fsp3) is 0.650. The Morgan fingerprint density at radius 3 is 2.09 bits per heavy atom. The molecule has 6 nitrogen and oxygen atoms in total.